The number of benzene rings is 2. The third-order valence-corrected chi connectivity index (χ3v) is 3.90. The molecule has 2 aromatic carbocycles. The van der Waals surface area contributed by atoms with Gasteiger partial charge in [-0.1, -0.05) is 34.1 Å². The molecule has 20 heavy (non-hydrogen) atoms. The minimum absolute atomic E-state index is 0.0111. The molecule has 0 fully saturated rings. The van der Waals surface area contributed by atoms with Crippen molar-refractivity contribution in [1.29, 1.82) is 0 Å². The Hall–Kier alpha value is -1.32. The Morgan fingerprint density at radius 2 is 1.95 bits per heavy atom. The average Bonchev–Trinajstić information content (AvgIpc) is 2.39. The molecule has 0 bridgehead atoms. The highest BCUT2D eigenvalue weighted by atomic mass is 79.9. The number of anilines is 2. The summed E-state index contributed by atoms with van der Waals surface area (Å²) >= 11 is 3.56. The van der Waals surface area contributed by atoms with E-state index in [4.69, 9.17) is 5.73 Å². The highest BCUT2D eigenvalue weighted by molar-refractivity contribution is 9.10. The number of hydrogen-bond acceptors (Lipinski definition) is 2. The third-order valence-electron chi connectivity index (χ3n) is 3.40. The van der Waals surface area contributed by atoms with Gasteiger partial charge in [0.25, 0.3) is 0 Å². The summed E-state index contributed by atoms with van der Waals surface area (Å²) in [5, 5.41) is 0. The van der Waals surface area contributed by atoms with Crippen LogP contribution in [0.5, 0.6) is 0 Å². The summed E-state index contributed by atoms with van der Waals surface area (Å²) in [5.74, 6) is 0. The summed E-state index contributed by atoms with van der Waals surface area (Å²) in [5.41, 5.74) is 10.9. The molecule has 0 amide bonds. The van der Waals surface area contributed by atoms with E-state index < -0.39 is 0 Å². The first-order valence-electron chi connectivity index (χ1n) is 6.92. The molecule has 106 valence electrons. The lowest BCUT2D eigenvalue weighted by atomic mass is 10.0. The van der Waals surface area contributed by atoms with Crippen LogP contribution < -0.4 is 10.6 Å². The molecule has 2 nitrogen and oxygen atoms in total. The smallest absolute Gasteiger partial charge is 0.0470 e. The predicted octanol–water partition coefficient (Wildman–Crippen LogP) is 4.94. The zero-order chi connectivity index (χ0) is 14.7. The van der Waals surface area contributed by atoms with Crippen molar-refractivity contribution >= 4 is 27.3 Å². The highest BCUT2D eigenvalue weighted by Crippen LogP contribution is 2.33. The molecule has 0 radical (unpaired) electrons. The van der Waals surface area contributed by atoms with Crippen molar-refractivity contribution in [2.24, 2.45) is 5.73 Å². The molecule has 0 spiro atoms. The van der Waals surface area contributed by atoms with Crippen LogP contribution in [-0.4, -0.2) is 6.54 Å². The fourth-order valence-corrected chi connectivity index (χ4v) is 2.77. The summed E-state index contributed by atoms with van der Waals surface area (Å²) in [7, 11) is 0. The van der Waals surface area contributed by atoms with Crippen LogP contribution in [0, 0.1) is 6.92 Å². The van der Waals surface area contributed by atoms with Crippen LogP contribution in [0.4, 0.5) is 11.4 Å². The lowest BCUT2D eigenvalue weighted by molar-refractivity contribution is 0.810. The first-order chi connectivity index (χ1) is 9.52. The standard InChI is InChI=1S/C17H21BrN2/c1-4-20(15-7-5-6-12(2)10-15)17-11-14(18)8-9-16(17)13(3)19/h5-11,13H,4,19H2,1-3H3. The molecule has 2 aromatic rings. The van der Waals surface area contributed by atoms with Gasteiger partial charge in [-0.25, -0.2) is 0 Å². The molecule has 2 rings (SSSR count). The van der Waals surface area contributed by atoms with E-state index in [0.717, 1.165) is 16.6 Å². The summed E-state index contributed by atoms with van der Waals surface area (Å²) in [6.07, 6.45) is 0. The van der Waals surface area contributed by atoms with Crippen molar-refractivity contribution in [3.05, 3.63) is 58.1 Å². The summed E-state index contributed by atoms with van der Waals surface area (Å²) < 4.78 is 1.07. The molecule has 0 aliphatic heterocycles. The molecular formula is C17H21BrN2. The molecule has 0 saturated heterocycles. The van der Waals surface area contributed by atoms with Gasteiger partial charge < -0.3 is 10.6 Å². The average molecular weight is 333 g/mol. The second-order valence-electron chi connectivity index (χ2n) is 5.08. The quantitative estimate of drug-likeness (QED) is 0.859. The van der Waals surface area contributed by atoms with E-state index in [1.807, 2.05) is 13.0 Å². The number of hydrogen-bond donors (Lipinski definition) is 1. The Morgan fingerprint density at radius 1 is 1.20 bits per heavy atom. The van der Waals surface area contributed by atoms with Crippen LogP contribution in [0.3, 0.4) is 0 Å². The van der Waals surface area contributed by atoms with E-state index in [1.54, 1.807) is 0 Å². The Bertz CT molecular complexity index is 593. The van der Waals surface area contributed by atoms with Gasteiger partial charge in [0, 0.05) is 28.4 Å². The molecule has 0 aromatic heterocycles. The molecule has 0 aliphatic rings. The van der Waals surface area contributed by atoms with Crippen molar-refractivity contribution in [3.8, 4) is 0 Å². The molecular weight excluding hydrogens is 312 g/mol. The Labute approximate surface area is 129 Å². The number of rotatable bonds is 4. The van der Waals surface area contributed by atoms with Gasteiger partial charge in [0.1, 0.15) is 0 Å². The predicted molar refractivity (Wildman–Crippen MR) is 90.6 cm³/mol. The molecule has 0 saturated carbocycles. The Morgan fingerprint density at radius 3 is 2.55 bits per heavy atom. The van der Waals surface area contributed by atoms with Gasteiger partial charge in [-0.05, 0) is 56.2 Å². The summed E-state index contributed by atoms with van der Waals surface area (Å²) in [4.78, 5) is 2.30. The van der Waals surface area contributed by atoms with Crippen LogP contribution in [0.2, 0.25) is 0 Å². The maximum atomic E-state index is 6.12. The Balaban J connectivity index is 2.54. The monoisotopic (exact) mass is 332 g/mol. The van der Waals surface area contributed by atoms with Gasteiger partial charge in [-0.3, -0.25) is 0 Å². The number of nitrogens with two attached hydrogens (primary N) is 1. The van der Waals surface area contributed by atoms with Crippen molar-refractivity contribution < 1.29 is 0 Å². The van der Waals surface area contributed by atoms with Crippen molar-refractivity contribution in [3.63, 3.8) is 0 Å². The van der Waals surface area contributed by atoms with Crippen molar-refractivity contribution in [2.75, 3.05) is 11.4 Å². The number of aryl methyl sites for hydroxylation is 1. The largest absolute Gasteiger partial charge is 0.341 e. The molecule has 1 unspecified atom stereocenters. The van der Waals surface area contributed by atoms with Gasteiger partial charge in [-0.15, -0.1) is 0 Å². The van der Waals surface area contributed by atoms with Gasteiger partial charge >= 0.3 is 0 Å². The van der Waals surface area contributed by atoms with Gasteiger partial charge in [-0.2, -0.15) is 0 Å². The first-order valence-corrected chi connectivity index (χ1v) is 7.71. The zero-order valence-corrected chi connectivity index (χ0v) is 13.8. The molecule has 1 atom stereocenters. The lowest BCUT2D eigenvalue weighted by Gasteiger charge is -2.27. The third kappa shape index (κ3) is 3.22. The fraction of sp³-hybridized carbons (Fsp3) is 0.294. The highest BCUT2D eigenvalue weighted by Gasteiger charge is 2.14. The normalized spacial score (nSPS) is 12.2. The van der Waals surface area contributed by atoms with Crippen molar-refractivity contribution in [2.45, 2.75) is 26.8 Å². The molecule has 0 aliphatic carbocycles. The number of nitrogens with zero attached hydrogens (tertiary/aromatic N) is 1. The topological polar surface area (TPSA) is 29.3 Å². The first kappa shape index (κ1) is 15.1. The molecule has 3 heteroatoms. The van der Waals surface area contributed by atoms with E-state index in [9.17, 15) is 0 Å². The second-order valence-corrected chi connectivity index (χ2v) is 5.99. The zero-order valence-electron chi connectivity index (χ0n) is 12.2. The van der Waals surface area contributed by atoms with E-state index in [2.05, 4.69) is 71.1 Å². The summed E-state index contributed by atoms with van der Waals surface area (Å²) in [6.45, 7) is 7.20. The maximum absolute atomic E-state index is 6.12. The van der Waals surface area contributed by atoms with Crippen LogP contribution in [0.1, 0.15) is 31.0 Å². The van der Waals surface area contributed by atoms with Crippen molar-refractivity contribution in [1.82, 2.24) is 0 Å². The van der Waals surface area contributed by atoms with E-state index in [0.29, 0.717) is 0 Å². The van der Waals surface area contributed by atoms with E-state index in [1.165, 1.54) is 16.9 Å². The Kier molecular flexibility index (Phi) is 4.84. The minimum Gasteiger partial charge on any atom is -0.341 e. The van der Waals surface area contributed by atoms with Gasteiger partial charge in [0.15, 0.2) is 0 Å². The van der Waals surface area contributed by atoms with Crippen LogP contribution >= 0.6 is 15.9 Å². The molecule has 2 N–H and O–H groups in total. The van der Waals surface area contributed by atoms with Gasteiger partial charge in [0.05, 0.1) is 0 Å². The van der Waals surface area contributed by atoms with E-state index >= 15 is 0 Å². The second kappa shape index (κ2) is 6.42. The molecule has 0 heterocycles. The van der Waals surface area contributed by atoms with Gasteiger partial charge in [0.2, 0.25) is 0 Å². The van der Waals surface area contributed by atoms with E-state index in [-0.39, 0.29) is 6.04 Å². The fourth-order valence-electron chi connectivity index (χ4n) is 2.42. The SMILES string of the molecule is CCN(c1cccc(C)c1)c1cc(Br)ccc1C(C)N. The number of halogens is 1. The maximum Gasteiger partial charge on any atom is 0.0470 e. The van der Waals surface area contributed by atoms with Crippen LogP contribution in [0.25, 0.3) is 0 Å². The summed E-state index contributed by atoms with van der Waals surface area (Å²) in [6, 6.07) is 14.9. The lowest BCUT2D eigenvalue weighted by Crippen LogP contribution is -2.20. The minimum atomic E-state index is 0.0111. The van der Waals surface area contributed by atoms with Crippen LogP contribution in [0.15, 0.2) is 46.9 Å². The van der Waals surface area contributed by atoms with Crippen LogP contribution in [-0.2, 0) is 0 Å².